The Bertz CT molecular complexity index is 1340. The smallest absolute Gasteiger partial charge is 0.345 e. The molecule has 0 aliphatic heterocycles. The SMILES string of the molecule is CC(C)(C#Cc1ccccc1)OC(=O)COc1ccc([S+](c2ccccc2)c2ccc(F)cc2)cc1. The van der Waals surface area contributed by atoms with Crippen LogP contribution in [0.4, 0.5) is 4.39 Å². The highest BCUT2D eigenvalue weighted by molar-refractivity contribution is 7.97. The number of carbonyl (C=O) groups is 1. The van der Waals surface area contributed by atoms with Crippen molar-refractivity contribution in [2.45, 2.75) is 34.1 Å². The summed E-state index contributed by atoms with van der Waals surface area (Å²) in [5.74, 6) is 5.80. The number of esters is 1. The topological polar surface area (TPSA) is 35.5 Å². The van der Waals surface area contributed by atoms with Crippen LogP contribution >= 0.6 is 0 Å². The van der Waals surface area contributed by atoms with Gasteiger partial charge in [-0.05, 0) is 86.6 Å². The maximum Gasteiger partial charge on any atom is 0.345 e. The molecule has 0 radical (unpaired) electrons. The summed E-state index contributed by atoms with van der Waals surface area (Å²) in [6.07, 6.45) is 0. The lowest BCUT2D eigenvalue weighted by Crippen LogP contribution is -2.29. The Morgan fingerprint density at radius 2 is 1.31 bits per heavy atom. The van der Waals surface area contributed by atoms with E-state index in [2.05, 4.69) is 24.0 Å². The normalized spacial score (nSPS) is 11.6. The van der Waals surface area contributed by atoms with E-state index in [1.165, 1.54) is 12.1 Å². The van der Waals surface area contributed by atoms with Crippen LogP contribution < -0.4 is 4.74 Å². The second-order valence-electron chi connectivity index (χ2n) is 8.43. The van der Waals surface area contributed by atoms with Crippen molar-refractivity contribution in [2.24, 2.45) is 0 Å². The van der Waals surface area contributed by atoms with Crippen LogP contribution in [0.2, 0.25) is 0 Å². The summed E-state index contributed by atoms with van der Waals surface area (Å²) in [5, 5.41) is 0. The molecule has 0 amide bonds. The molecule has 0 aliphatic rings. The number of rotatable bonds is 7. The highest BCUT2D eigenvalue weighted by Crippen LogP contribution is 2.32. The first kappa shape index (κ1) is 25.1. The van der Waals surface area contributed by atoms with Crippen molar-refractivity contribution in [1.29, 1.82) is 0 Å². The fraction of sp³-hybridized carbons (Fsp3) is 0.129. The number of carbonyl (C=O) groups excluding carboxylic acids is 1. The summed E-state index contributed by atoms with van der Waals surface area (Å²) in [6.45, 7) is 3.27. The van der Waals surface area contributed by atoms with Crippen LogP contribution in [0.1, 0.15) is 19.4 Å². The molecule has 180 valence electrons. The van der Waals surface area contributed by atoms with Crippen LogP contribution in [0.5, 0.6) is 5.75 Å². The predicted octanol–water partition coefficient (Wildman–Crippen LogP) is 6.67. The Morgan fingerprint density at radius 3 is 1.92 bits per heavy atom. The van der Waals surface area contributed by atoms with Crippen LogP contribution in [-0.4, -0.2) is 18.2 Å². The molecule has 1 atom stereocenters. The Labute approximate surface area is 214 Å². The van der Waals surface area contributed by atoms with Crippen molar-refractivity contribution in [3.8, 4) is 17.6 Å². The Kier molecular flexibility index (Phi) is 8.10. The number of halogens is 1. The standard InChI is InChI=1S/C31H26FO3S/c1-31(2,22-21-24-9-5-3-6-10-24)35-30(33)23-34-26-15-19-29(20-16-26)36(27-11-7-4-8-12-27)28-17-13-25(32)14-18-28/h3-20H,23H2,1-2H3/q+1. The van der Waals surface area contributed by atoms with Crippen molar-refractivity contribution in [1.82, 2.24) is 0 Å². The second-order valence-corrected chi connectivity index (χ2v) is 10.5. The van der Waals surface area contributed by atoms with E-state index in [1.807, 2.05) is 84.9 Å². The number of ether oxygens (including phenoxy) is 2. The molecule has 0 bridgehead atoms. The first-order chi connectivity index (χ1) is 17.4. The molecule has 5 heteroatoms. The molecule has 0 fully saturated rings. The van der Waals surface area contributed by atoms with Gasteiger partial charge in [-0.15, -0.1) is 0 Å². The van der Waals surface area contributed by atoms with Gasteiger partial charge in [0.15, 0.2) is 26.9 Å². The van der Waals surface area contributed by atoms with Gasteiger partial charge in [-0.2, -0.15) is 0 Å². The fourth-order valence-electron chi connectivity index (χ4n) is 3.43. The summed E-state index contributed by atoms with van der Waals surface area (Å²) >= 11 is 0. The summed E-state index contributed by atoms with van der Waals surface area (Å²) in [7, 11) is -0.405. The third-order valence-corrected chi connectivity index (χ3v) is 7.33. The van der Waals surface area contributed by atoms with Crippen LogP contribution in [0.3, 0.4) is 0 Å². The Hall–Kier alpha value is -4.01. The molecule has 1 unspecified atom stereocenters. The molecule has 36 heavy (non-hydrogen) atoms. The molecule has 0 saturated carbocycles. The molecule has 3 nitrogen and oxygen atoms in total. The van der Waals surface area contributed by atoms with Gasteiger partial charge < -0.3 is 9.47 Å². The molecule has 0 spiro atoms. The molecule has 0 aromatic heterocycles. The van der Waals surface area contributed by atoms with Gasteiger partial charge in [0.05, 0.1) is 10.9 Å². The molecular weight excluding hydrogens is 471 g/mol. The minimum absolute atomic E-state index is 0.224. The fourth-order valence-corrected chi connectivity index (χ4v) is 5.50. The van der Waals surface area contributed by atoms with Gasteiger partial charge in [0, 0.05) is 5.56 Å². The van der Waals surface area contributed by atoms with E-state index in [1.54, 1.807) is 13.8 Å². The van der Waals surface area contributed by atoms with E-state index >= 15 is 0 Å². The lowest BCUT2D eigenvalue weighted by atomic mass is 10.1. The quantitative estimate of drug-likeness (QED) is 0.162. The van der Waals surface area contributed by atoms with E-state index in [9.17, 15) is 9.18 Å². The summed E-state index contributed by atoms with van der Waals surface area (Å²) < 4.78 is 24.7. The van der Waals surface area contributed by atoms with Crippen LogP contribution in [0.15, 0.2) is 124 Å². The molecule has 0 heterocycles. The van der Waals surface area contributed by atoms with Gasteiger partial charge in [-0.25, -0.2) is 9.18 Å². The van der Waals surface area contributed by atoms with Crippen LogP contribution in [0, 0.1) is 17.7 Å². The maximum absolute atomic E-state index is 13.5. The molecular formula is C31H26FO3S+. The highest BCUT2D eigenvalue weighted by atomic mass is 32.2. The molecule has 4 aromatic carbocycles. The van der Waals surface area contributed by atoms with Gasteiger partial charge in [0.25, 0.3) is 0 Å². The van der Waals surface area contributed by atoms with Gasteiger partial charge in [0.2, 0.25) is 0 Å². The predicted molar refractivity (Wildman–Crippen MR) is 140 cm³/mol. The van der Waals surface area contributed by atoms with Gasteiger partial charge in [0.1, 0.15) is 11.6 Å². The second kappa shape index (κ2) is 11.6. The molecule has 4 aromatic rings. The third-order valence-electron chi connectivity index (χ3n) is 5.10. The van der Waals surface area contributed by atoms with Gasteiger partial charge in [-0.3, -0.25) is 0 Å². The highest BCUT2D eigenvalue weighted by Gasteiger charge is 2.28. The van der Waals surface area contributed by atoms with Crippen molar-refractivity contribution in [3.63, 3.8) is 0 Å². The first-order valence-electron chi connectivity index (χ1n) is 11.5. The van der Waals surface area contributed by atoms with Crippen molar-refractivity contribution < 1.29 is 18.7 Å². The van der Waals surface area contributed by atoms with E-state index in [0.29, 0.717) is 5.75 Å². The van der Waals surface area contributed by atoms with Crippen molar-refractivity contribution in [2.75, 3.05) is 6.61 Å². The zero-order valence-corrected chi connectivity index (χ0v) is 20.9. The summed E-state index contributed by atoms with van der Waals surface area (Å²) in [5.41, 5.74) is -0.0904. The van der Waals surface area contributed by atoms with Crippen LogP contribution in [0.25, 0.3) is 0 Å². The summed E-state index contributed by atoms with van der Waals surface area (Å²) in [6, 6.07) is 33.8. The average molecular weight is 498 g/mol. The monoisotopic (exact) mass is 497 g/mol. The largest absolute Gasteiger partial charge is 0.482 e. The zero-order chi connectivity index (χ0) is 25.4. The van der Waals surface area contributed by atoms with Crippen molar-refractivity contribution >= 4 is 16.9 Å². The van der Waals surface area contributed by atoms with Gasteiger partial charge >= 0.3 is 5.97 Å². The Morgan fingerprint density at radius 1 is 0.778 bits per heavy atom. The molecule has 0 N–H and O–H groups in total. The molecule has 0 aliphatic carbocycles. The van der Waals surface area contributed by atoms with Crippen LogP contribution in [-0.2, 0) is 20.4 Å². The lowest BCUT2D eigenvalue weighted by molar-refractivity contribution is -0.154. The minimum Gasteiger partial charge on any atom is -0.482 e. The third kappa shape index (κ3) is 7.00. The van der Waals surface area contributed by atoms with E-state index in [0.717, 1.165) is 20.2 Å². The first-order valence-corrected chi connectivity index (χ1v) is 12.7. The minimum atomic E-state index is -0.945. The number of hydrogen-bond donors (Lipinski definition) is 0. The zero-order valence-electron chi connectivity index (χ0n) is 20.1. The van der Waals surface area contributed by atoms with Crippen molar-refractivity contribution in [3.05, 3.63) is 121 Å². The number of benzene rings is 4. The van der Waals surface area contributed by atoms with E-state index in [-0.39, 0.29) is 12.4 Å². The van der Waals surface area contributed by atoms with E-state index < -0.39 is 22.5 Å². The average Bonchev–Trinajstić information content (AvgIpc) is 2.89. The van der Waals surface area contributed by atoms with Gasteiger partial charge in [-0.1, -0.05) is 48.2 Å². The number of hydrogen-bond acceptors (Lipinski definition) is 3. The molecule has 0 saturated heterocycles. The lowest BCUT2D eigenvalue weighted by Gasteiger charge is -2.19. The maximum atomic E-state index is 13.5. The Balaban J connectivity index is 1.41. The van der Waals surface area contributed by atoms with E-state index in [4.69, 9.17) is 9.47 Å². The molecule has 4 rings (SSSR count). The summed E-state index contributed by atoms with van der Waals surface area (Å²) in [4.78, 5) is 15.6.